The summed E-state index contributed by atoms with van der Waals surface area (Å²) in [5, 5.41) is 9.88. The molecule has 7 heteroatoms. The van der Waals surface area contributed by atoms with Crippen LogP contribution in [0.15, 0.2) is 30.6 Å². The van der Waals surface area contributed by atoms with Crippen LogP contribution in [-0.2, 0) is 11.3 Å². The van der Waals surface area contributed by atoms with E-state index < -0.39 is 5.82 Å². The number of carbonyl (C=O) groups excluding carboxylic acids is 1. The van der Waals surface area contributed by atoms with E-state index in [0.717, 1.165) is 0 Å². The first-order valence-corrected chi connectivity index (χ1v) is 6.31. The third-order valence-corrected chi connectivity index (χ3v) is 2.62. The van der Waals surface area contributed by atoms with Crippen molar-refractivity contribution in [2.45, 2.75) is 13.0 Å². The minimum Gasteiger partial charge on any atom is -0.324 e. The van der Waals surface area contributed by atoms with Crippen molar-refractivity contribution >= 4 is 11.6 Å². The lowest BCUT2D eigenvalue weighted by molar-refractivity contribution is -0.116. The molecule has 3 N–H and O–H groups in total. The molecule has 108 valence electrons. The number of aryl methyl sites for hydroxylation is 1. The van der Waals surface area contributed by atoms with Crippen LogP contribution >= 0.6 is 0 Å². The van der Waals surface area contributed by atoms with Crippen molar-refractivity contribution in [2.75, 3.05) is 11.9 Å². The topological polar surface area (TPSA) is 85.8 Å². The lowest BCUT2D eigenvalue weighted by Gasteiger charge is -2.06. The Morgan fingerprint density at radius 2 is 2.33 bits per heavy atom. The average molecular weight is 287 g/mol. The van der Waals surface area contributed by atoms with Crippen LogP contribution in [0.2, 0.25) is 0 Å². The van der Waals surface area contributed by atoms with Crippen LogP contribution in [-0.4, -0.2) is 27.4 Å². The largest absolute Gasteiger partial charge is 0.324 e. The first kappa shape index (κ1) is 14.7. The SMILES string of the molecule is NCC#Cc1ccc(NC(=O)CCn2ccnn2)c(F)c1. The number of benzene rings is 1. The van der Waals surface area contributed by atoms with Crippen molar-refractivity contribution in [3.63, 3.8) is 0 Å². The summed E-state index contributed by atoms with van der Waals surface area (Å²) in [5.41, 5.74) is 5.88. The Morgan fingerprint density at radius 3 is 3.00 bits per heavy atom. The molecular formula is C14H14FN5O. The molecule has 0 spiro atoms. The van der Waals surface area contributed by atoms with E-state index >= 15 is 0 Å². The Labute approximate surface area is 121 Å². The zero-order valence-electron chi connectivity index (χ0n) is 11.2. The summed E-state index contributed by atoms with van der Waals surface area (Å²) in [7, 11) is 0. The maximum Gasteiger partial charge on any atom is 0.226 e. The molecule has 0 atom stereocenters. The number of nitrogens with one attached hydrogen (secondary N) is 1. The molecule has 0 saturated heterocycles. The molecule has 0 saturated carbocycles. The summed E-state index contributed by atoms with van der Waals surface area (Å²) >= 11 is 0. The van der Waals surface area contributed by atoms with E-state index in [9.17, 15) is 9.18 Å². The maximum absolute atomic E-state index is 13.8. The Balaban J connectivity index is 1.94. The number of anilines is 1. The number of hydrogen-bond donors (Lipinski definition) is 2. The summed E-state index contributed by atoms with van der Waals surface area (Å²) in [6.07, 6.45) is 3.36. The molecule has 0 unspecified atom stereocenters. The molecule has 0 fully saturated rings. The second kappa shape index (κ2) is 7.17. The molecule has 1 aromatic carbocycles. The third-order valence-electron chi connectivity index (χ3n) is 2.62. The zero-order chi connectivity index (χ0) is 15.1. The number of nitrogens with zero attached hydrogens (tertiary/aromatic N) is 3. The van der Waals surface area contributed by atoms with Gasteiger partial charge in [-0.25, -0.2) is 4.39 Å². The highest BCUT2D eigenvalue weighted by Crippen LogP contribution is 2.15. The smallest absolute Gasteiger partial charge is 0.226 e. The van der Waals surface area contributed by atoms with E-state index in [1.807, 2.05) is 0 Å². The third kappa shape index (κ3) is 4.40. The molecule has 0 aliphatic carbocycles. The summed E-state index contributed by atoms with van der Waals surface area (Å²) in [4.78, 5) is 11.7. The monoisotopic (exact) mass is 287 g/mol. The van der Waals surface area contributed by atoms with Crippen molar-refractivity contribution in [3.8, 4) is 11.8 Å². The van der Waals surface area contributed by atoms with Crippen molar-refractivity contribution in [1.82, 2.24) is 15.0 Å². The number of carbonyl (C=O) groups is 1. The zero-order valence-corrected chi connectivity index (χ0v) is 11.2. The van der Waals surface area contributed by atoms with Gasteiger partial charge in [0.2, 0.25) is 5.91 Å². The van der Waals surface area contributed by atoms with Crippen LogP contribution in [0.3, 0.4) is 0 Å². The molecular weight excluding hydrogens is 273 g/mol. The van der Waals surface area contributed by atoms with Gasteiger partial charge in [0.05, 0.1) is 25.0 Å². The number of amides is 1. The van der Waals surface area contributed by atoms with E-state index in [-0.39, 0.29) is 24.6 Å². The van der Waals surface area contributed by atoms with Crippen LogP contribution in [0.4, 0.5) is 10.1 Å². The molecule has 0 bridgehead atoms. The maximum atomic E-state index is 13.8. The highest BCUT2D eigenvalue weighted by atomic mass is 19.1. The van der Waals surface area contributed by atoms with Crippen LogP contribution in [0.1, 0.15) is 12.0 Å². The van der Waals surface area contributed by atoms with Gasteiger partial charge >= 0.3 is 0 Å². The Morgan fingerprint density at radius 1 is 1.48 bits per heavy atom. The molecule has 2 aromatic rings. The van der Waals surface area contributed by atoms with Crippen LogP contribution in [0, 0.1) is 17.7 Å². The Kier molecular flexibility index (Phi) is 5.01. The molecule has 0 radical (unpaired) electrons. The molecule has 0 aliphatic heterocycles. The molecule has 1 amide bonds. The number of aromatic nitrogens is 3. The van der Waals surface area contributed by atoms with E-state index in [1.54, 1.807) is 12.3 Å². The van der Waals surface area contributed by atoms with E-state index in [1.165, 1.54) is 23.0 Å². The van der Waals surface area contributed by atoms with Gasteiger partial charge in [0.15, 0.2) is 0 Å². The highest BCUT2D eigenvalue weighted by molar-refractivity contribution is 5.90. The lowest BCUT2D eigenvalue weighted by Crippen LogP contribution is -2.15. The number of nitrogens with two attached hydrogens (primary N) is 1. The van der Waals surface area contributed by atoms with Gasteiger partial charge in [-0.2, -0.15) is 0 Å². The number of rotatable bonds is 4. The van der Waals surface area contributed by atoms with Crippen molar-refractivity contribution in [3.05, 3.63) is 42.0 Å². The van der Waals surface area contributed by atoms with Crippen molar-refractivity contribution in [1.29, 1.82) is 0 Å². The minimum absolute atomic E-state index is 0.122. The second-order valence-electron chi connectivity index (χ2n) is 4.16. The molecule has 1 heterocycles. The highest BCUT2D eigenvalue weighted by Gasteiger charge is 2.07. The lowest BCUT2D eigenvalue weighted by atomic mass is 10.2. The second-order valence-corrected chi connectivity index (χ2v) is 4.16. The van der Waals surface area contributed by atoms with Crippen LogP contribution in [0.25, 0.3) is 0 Å². The fourth-order valence-electron chi connectivity index (χ4n) is 1.63. The van der Waals surface area contributed by atoms with E-state index in [4.69, 9.17) is 5.73 Å². The Hall–Kier alpha value is -2.72. The van der Waals surface area contributed by atoms with Gasteiger partial charge in [-0.1, -0.05) is 17.1 Å². The van der Waals surface area contributed by atoms with Gasteiger partial charge in [0.1, 0.15) is 5.82 Å². The van der Waals surface area contributed by atoms with Gasteiger partial charge < -0.3 is 11.1 Å². The summed E-state index contributed by atoms with van der Waals surface area (Å²) in [6, 6.07) is 4.36. The summed E-state index contributed by atoms with van der Waals surface area (Å²) < 4.78 is 15.3. The van der Waals surface area contributed by atoms with E-state index in [2.05, 4.69) is 27.5 Å². The van der Waals surface area contributed by atoms with Gasteiger partial charge in [-0.15, -0.1) is 5.10 Å². The van der Waals surface area contributed by atoms with E-state index in [0.29, 0.717) is 12.1 Å². The fourth-order valence-corrected chi connectivity index (χ4v) is 1.63. The molecule has 6 nitrogen and oxygen atoms in total. The van der Waals surface area contributed by atoms with Crippen molar-refractivity contribution < 1.29 is 9.18 Å². The number of halogens is 1. The molecule has 1 aromatic heterocycles. The predicted octanol–water partition coefficient (Wildman–Crippen LogP) is 0.756. The summed E-state index contributed by atoms with van der Waals surface area (Å²) in [5.74, 6) is 4.52. The standard InChI is InChI=1S/C14H14FN5O/c15-12-10-11(2-1-6-16)3-4-13(12)18-14(21)5-8-20-9-7-17-19-20/h3-4,7,9-10H,5-6,8,16H2,(H,18,21). The fraction of sp³-hybridized carbons (Fsp3) is 0.214. The van der Waals surface area contributed by atoms with Gasteiger partial charge in [0.25, 0.3) is 0 Å². The first-order valence-electron chi connectivity index (χ1n) is 6.31. The Bertz CT molecular complexity index is 672. The average Bonchev–Trinajstić information content (AvgIpc) is 2.99. The van der Waals surface area contributed by atoms with Gasteiger partial charge in [0, 0.05) is 18.2 Å². The first-order chi connectivity index (χ1) is 10.2. The van der Waals surface area contributed by atoms with Gasteiger partial charge in [-0.3, -0.25) is 9.48 Å². The predicted molar refractivity (Wildman–Crippen MR) is 75.6 cm³/mol. The van der Waals surface area contributed by atoms with Gasteiger partial charge in [-0.05, 0) is 18.2 Å². The molecule has 21 heavy (non-hydrogen) atoms. The number of hydrogen-bond acceptors (Lipinski definition) is 4. The normalized spacial score (nSPS) is 9.81. The molecule has 2 rings (SSSR count). The summed E-state index contributed by atoms with van der Waals surface area (Å²) in [6.45, 7) is 0.593. The van der Waals surface area contributed by atoms with Crippen LogP contribution < -0.4 is 11.1 Å². The minimum atomic E-state index is -0.534. The quantitative estimate of drug-likeness (QED) is 0.813. The van der Waals surface area contributed by atoms with Crippen molar-refractivity contribution in [2.24, 2.45) is 5.73 Å². The van der Waals surface area contributed by atoms with Crippen LogP contribution in [0.5, 0.6) is 0 Å². The molecule has 0 aliphatic rings.